The molecule has 0 aromatic heterocycles. The highest BCUT2D eigenvalue weighted by molar-refractivity contribution is 5.90. The minimum Gasteiger partial charge on any atom is -0.386 e. The van der Waals surface area contributed by atoms with Gasteiger partial charge in [-0.25, -0.2) is 9.18 Å². The number of hydrogen-bond donors (Lipinski definition) is 3. The van der Waals surface area contributed by atoms with Crippen LogP contribution in [-0.2, 0) is 6.18 Å². The second-order valence-corrected chi connectivity index (χ2v) is 4.92. The lowest BCUT2D eigenvalue weighted by molar-refractivity contribution is -0.136. The van der Waals surface area contributed by atoms with E-state index in [1.165, 1.54) is 30.3 Å². The van der Waals surface area contributed by atoms with Crippen LogP contribution in [0.25, 0.3) is 0 Å². The van der Waals surface area contributed by atoms with Crippen LogP contribution in [0, 0.1) is 5.82 Å². The Morgan fingerprint density at radius 2 is 1.71 bits per heavy atom. The molecule has 2 amide bonds. The minimum absolute atomic E-state index is 0.0199. The Kier molecular flexibility index (Phi) is 5.40. The quantitative estimate of drug-likeness (QED) is 0.742. The van der Waals surface area contributed by atoms with Gasteiger partial charge >= 0.3 is 12.2 Å². The Labute approximate surface area is 135 Å². The number of carbonyl (C=O) groups excluding carboxylic acids is 1. The van der Waals surface area contributed by atoms with E-state index in [4.69, 9.17) is 0 Å². The van der Waals surface area contributed by atoms with Gasteiger partial charge in [0.1, 0.15) is 5.82 Å². The van der Waals surface area contributed by atoms with Gasteiger partial charge < -0.3 is 15.7 Å². The molecule has 1 unspecified atom stereocenters. The molecule has 0 aliphatic heterocycles. The predicted octanol–water partition coefficient (Wildman–Crippen LogP) is 3.70. The number of amides is 2. The molecule has 0 bridgehead atoms. The largest absolute Gasteiger partial charge is 0.418 e. The first-order chi connectivity index (χ1) is 11.3. The molecule has 0 aliphatic carbocycles. The van der Waals surface area contributed by atoms with Gasteiger partial charge in [-0.05, 0) is 18.2 Å². The Balaban J connectivity index is 1.99. The second kappa shape index (κ2) is 7.31. The summed E-state index contributed by atoms with van der Waals surface area (Å²) in [6.45, 7) is -0.360. The van der Waals surface area contributed by atoms with Gasteiger partial charge in [0.25, 0.3) is 0 Å². The van der Waals surface area contributed by atoms with Gasteiger partial charge in [-0.3, -0.25) is 0 Å². The van der Waals surface area contributed by atoms with E-state index in [9.17, 15) is 27.5 Å². The molecule has 3 N–H and O–H groups in total. The van der Waals surface area contributed by atoms with E-state index in [-0.39, 0.29) is 12.1 Å². The fourth-order valence-electron chi connectivity index (χ4n) is 2.05. The van der Waals surface area contributed by atoms with Gasteiger partial charge in [-0.1, -0.05) is 30.3 Å². The smallest absolute Gasteiger partial charge is 0.386 e. The van der Waals surface area contributed by atoms with Crippen molar-refractivity contribution < 1.29 is 27.5 Å². The third-order valence-electron chi connectivity index (χ3n) is 3.20. The molecule has 24 heavy (non-hydrogen) atoms. The number of nitrogens with one attached hydrogen (secondary N) is 2. The first-order valence-corrected chi connectivity index (χ1v) is 6.92. The Morgan fingerprint density at radius 3 is 2.38 bits per heavy atom. The van der Waals surface area contributed by atoms with E-state index in [2.05, 4.69) is 10.6 Å². The van der Waals surface area contributed by atoms with Gasteiger partial charge in [0.2, 0.25) is 0 Å². The van der Waals surface area contributed by atoms with Crippen LogP contribution in [0.2, 0.25) is 0 Å². The number of rotatable bonds is 4. The molecule has 0 saturated carbocycles. The van der Waals surface area contributed by atoms with Crippen LogP contribution in [0.1, 0.15) is 17.2 Å². The maximum atomic E-state index is 13.5. The molecule has 4 nitrogen and oxygen atoms in total. The molecule has 8 heteroatoms. The van der Waals surface area contributed by atoms with E-state index in [0.29, 0.717) is 0 Å². The maximum absolute atomic E-state index is 13.5. The summed E-state index contributed by atoms with van der Waals surface area (Å²) in [7, 11) is 0. The Morgan fingerprint density at radius 1 is 1.08 bits per heavy atom. The zero-order valence-electron chi connectivity index (χ0n) is 12.3. The van der Waals surface area contributed by atoms with Gasteiger partial charge in [-0.15, -0.1) is 0 Å². The molecular weight excluding hydrogens is 328 g/mol. The van der Waals surface area contributed by atoms with Crippen LogP contribution < -0.4 is 10.6 Å². The number of carbonyl (C=O) groups is 1. The normalized spacial score (nSPS) is 12.5. The van der Waals surface area contributed by atoms with Crippen molar-refractivity contribution in [2.24, 2.45) is 0 Å². The number of anilines is 1. The van der Waals surface area contributed by atoms with Crippen molar-refractivity contribution in [2.75, 3.05) is 11.9 Å². The summed E-state index contributed by atoms with van der Waals surface area (Å²) >= 11 is 0. The number of aliphatic hydroxyl groups excluding tert-OH is 1. The van der Waals surface area contributed by atoms with Crippen LogP contribution >= 0.6 is 0 Å². The summed E-state index contributed by atoms with van der Waals surface area (Å²) in [6.07, 6.45) is -5.94. The van der Waals surface area contributed by atoms with Crippen LogP contribution in [0.3, 0.4) is 0 Å². The first kappa shape index (κ1) is 17.7. The average molecular weight is 342 g/mol. The van der Waals surface area contributed by atoms with E-state index in [0.717, 1.165) is 18.2 Å². The highest BCUT2D eigenvalue weighted by Crippen LogP contribution is 2.34. The molecule has 0 heterocycles. The Hall–Kier alpha value is -2.61. The first-order valence-electron chi connectivity index (χ1n) is 6.92. The molecular formula is C16H14F4N2O2. The van der Waals surface area contributed by atoms with E-state index < -0.39 is 35.4 Å². The topological polar surface area (TPSA) is 61.4 Å². The molecule has 1 atom stereocenters. The zero-order valence-corrected chi connectivity index (χ0v) is 12.3. The molecule has 128 valence electrons. The van der Waals surface area contributed by atoms with Gasteiger partial charge in [0.05, 0.1) is 17.4 Å². The molecule has 2 rings (SSSR count). The van der Waals surface area contributed by atoms with Crippen molar-refractivity contribution in [3.63, 3.8) is 0 Å². The lowest BCUT2D eigenvalue weighted by atomic mass is 10.1. The fraction of sp³-hybridized carbons (Fsp3) is 0.188. The van der Waals surface area contributed by atoms with Crippen LogP contribution in [0.5, 0.6) is 0 Å². The molecule has 0 radical (unpaired) electrons. The minimum atomic E-state index is -4.61. The molecule has 0 spiro atoms. The highest BCUT2D eigenvalue weighted by Gasteiger charge is 2.33. The van der Waals surface area contributed by atoms with Crippen molar-refractivity contribution in [1.29, 1.82) is 0 Å². The van der Waals surface area contributed by atoms with Gasteiger partial charge in [0, 0.05) is 12.1 Å². The highest BCUT2D eigenvalue weighted by atomic mass is 19.4. The van der Waals surface area contributed by atoms with Crippen molar-refractivity contribution in [3.05, 3.63) is 65.5 Å². The molecule has 0 saturated heterocycles. The molecule has 0 aliphatic rings. The maximum Gasteiger partial charge on any atom is 0.418 e. The van der Waals surface area contributed by atoms with E-state index >= 15 is 0 Å². The van der Waals surface area contributed by atoms with Crippen molar-refractivity contribution >= 4 is 11.7 Å². The summed E-state index contributed by atoms with van der Waals surface area (Å²) < 4.78 is 52.0. The summed E-state index contributed by atoms with van der Waals surface area (Å²) in [5, 5.41) is 14.1. The van der Waals surface area contributed by atoms with Crippen molar-refractivity contribution in [2.45, 2.75) is 12.3 Å². The van der Waals surface area contributed by atoms with Gasteiger partial charge in [-0.2, -0.15) is 13.2 Å². The third kappa shape index (κ3) is 4.45. The number of halogens is 4. The summed E-state index contributed by atoms with van der Waals surface area (Å²) in [5.41, 5.74) is -1.42. The second-order valence-electron chi connectivity index (χ2n) is 4.92. The number of benzene rings is 2. The lowest BCUT2D eigenvalue weighted by Crippen LogP contribution is -2.33. The molecule has 2 aromatic rings. The monoisotopic (exact) mass is 342 g/mol. The number of aliphatic hydroxyl groups is 1. The van der Waals surface area contributed by atoms with Crippen LogP contribution in [0.4, 0.5) is 28.0 Å². The predicted molar refractivity (Wildman–Crippen MR) is 79.8 cm³/mol. The summed E-state index contributed by atoms with van der Waals surface area (Å²) in [5.74, 6) is -0.644. The van der Waals surface area contributed by atoms with E-state index in [1.807, 2.05) is 0 Å². The standard InChI is InChI=1S/C16H14F4N2O2/c17-12-7-3-1-5-10(12)14(23)9-21-15(24)22-13-8-4-2-6-11(13)16(18,19)20/h1-8,14,23H,9H2,(H2,21,22,24). The number of para-hydroxylation sites is 1. The lowest BCUT2D eigenvalue weighted by Gasteiger charge is -2.16. The van der Waals surface area contributed by atoms with Crippen LogP contribution in [-0.4, -0.2) is 17.7 Å². The zero-order chi connectivity index (χ0) is 17.7. The number of urea groups is 1. The summed E-state index contributed by atoms with van der Waals surface area (Å²) in [4.78, 5) is 11.7. The van der Waals surface area contributed by atoms with E-state index in [1.54, 1.807) is 0 Å². The summed E-state index contributed by atoms with van der Waals surface area (Å²) in [6, 6.07) is 9.01. The van der Waals surface area contributed by atoms with Crippen molar-refractivity contribution in [3.8, 4) is 0 Å². The SMILES string of the molecule is O=C(NCC(O)c1ccccc1F)Nc1ccccc1C(F)(F)F. The van der Waals surface area contributed by atoms with Gasteiger partial charge in [0.15, 0.2) is 0 Å². The average Bonchev–Trinajstić information content (AvgIpc) is 2.52. The fourth-order valence-corrected chi connectivity index (χ4v) is 2.05. The third-order valence-corrected chi connectivity index (χ3v) is 3.20. The number of alkyl halides is 3. The Bertz CT molecular complexity index is 719. The van der Waals surface area contributed by atoms with Crippen LogP contribution in [0.15, 0.2) is 48.5 Å². The number of hydrogen-bond acceptors (Lipinski definition) is 2. The van der Waals surface area contributed by atoms with Crippen molar-refractivity contribution in [1.82, 2.24) is 5.32 Å². The molecule has 2 aromatic carbocycles. The molecule has 0 fully saturated rings.